The highest BCUT2D eigenvalue weighted by atomic mass is 32.3. The van der Waals surface area contributed by atoms with E-state index in [9.17, 15) is 14.4 Å². The lowest BCUT2D eigenvalue weighted by Gasteiger charge is -2.40. The maximum atomic E-state index is 13.2. The molecule has 3 aromatic carbocycles. The SMILES string of the molecule is O=C(CCC(=O)OCS1(c2cc(=O)c3cccc(-c4ccccc4)c3o2)CCOCC1)OCc1ccccc1. The standard InChI is InChI=1S/C31H30O7S/c32-27-20-30(38-31-25(12-7-13-26(27)31)24-10-5-2-6-11-24)39(18-16-35-17-19-39)22-37-29(34)15-14-28(33)36-21-23-8-3-1-4-9-23/h1-13,20H,14-19,21-22H2. The maximum Gasteiger partial charge on any atom is 0.307 e. The molecule has 0 bridgehead atoms. The summed E-state index contributed by atoms with van der Waals surface area (Å²) in [6, 6.07) is 26.2. The van der Waals surface area contributed by atoms with Crippen molar-refractivity contribution in [2.45, 2.75) is 24.5 Å². The summed E-state index contributed by atoms with van der Waals surface area (Å²) >= 11 is 0. The molecule has 5 rings (SSSR count). The number of hydrogen-bond acceptors (Lipinski definition) is 7. The number of fused-ring (bicyclic) bond motifs is 1. The molecule has 1 fully saturated rings. The molecule has 0 aliphatic carbocycles. The van der Waals surface area contributed by atoms with Gasteiger partial charge in [-0.05, 0) is 17.2 Å². The summed E-state index contributed by atoms with van der Waals surface area (Å²) in [4.78, 5) is 38.0. The molecule has 0 N–H and O–H groups in total. The minimum absolute atomic E-state index is 0.0669. The van der Waals surface area contributed by atoms with Crippen molar-refractivity contribution in [3.8, 4) is 11.1 Å². The zero-order valence-corrected chi connectivity index (χ0v) is 22.3. The molecule has 0 saturated carbocycles. The number of hydrogen-bond donors (Lipinski definition) is 0. The number of rotatable bonds is 9. The average molecular weight is 547 g/mol. The van der Waals surface area contributed by atoms with E-state index in [1.54, 1.807) is 12.1 Å². The monoisotopic (exact) mass is 546 g/mol. The van der Waals surface area contributed by atoms with Crippen LogP contribution in [-0.2, 0) is 30.4 Å². The van der Waals surface area contributed by atoms with Gasteiger partial charge < -0.3 is 18.6 Å². The predicted molar refractivity (Wildman–Crippen MR) is 151 cm³/mol. The van der Waals surface area contributed by atoms with Crippen molar-refractivity contribution in [1.29, 1.82) is 0 Å². The molecular formula is C31H30O7S. The molecule has 1 saturated heterocycles. The average Bonchev–Trinajstić information content (AvgIpc) is 2.99. The van der Waals surface area contributed by atoms with Gasteiger partial charge in [0.25, 0.3) is 0 Å². The first kappa shape index (κ1) is 26.7. The van der Waals surface area contributed by atoms with E-state index >= 15 is 0 Å². The Hall–Kier alpha value is -3.88. The van der Waals surface area contributed by atoms with Gasteiger partial charge in [0.05, 0.1) is 31.4 Å². The second-order valence-corrected chi connectivity index (χ2v) is 12.9. The minimum Gasteiger partial charge on any atom is -0.461 e. The fraction of sp³-hybridized carbons (Fsp3) is 0.258. The highest BCUT2D eigenvalue weighted by Gasteiger charge is 2.34. The van der Waals surface area contributed by atoms with E-state index in [1.807, 2.05) is 72.8 Å². The van der Waals surface area contributed by atoms with E-state index in [0.717, 1.165) is 16.7 Å². The van der Waals surface area contributed by atoms with Crippen LogP contribution in [0.2, 0.25) is 0 Å². The number of carbonyl (C=O) groups is 2. The van der Waals surface area contributed by atoms with E-state index in [-0.39, 0.29) is 30.8 Å². The lowest BCUT2D eigenvalue weighted by atomic mass is 10.0. The van der Waals surface area contributed by atoms with E-state index in [2.05, 4.69) is 0 Å². The topological polar surface area (TPSA) is 92.0 Å². The molecule has 0 unspecified atom stereocenters. The van der Waals surface area contributed by atoms with Gasteiger partial charge in [-0.25, -0.2) is 0 Å². The van der Waals surface area contributed by atoms with Crippen LogP contribution in [-0.4, -0.2) is 42.6 Å². The van der Waals surface area contributed by atoms with Crippen LogP contribution >= 0.6 is 10.0 Å². The summed E-state index contributed by atoms with van der Waals surface area (Å²) in [6.45, 7) is 1.13. The summed E-state index contributed by atoms with van der Waals surface area (Å²) in [5.41, 5.74) is 3.06. The summed E-state index contributed by atoms with van der Waals surface area (Å²) in [7, 11) is -1.82. The summed E-state index contributed by atoms with van der Waals surface area (Å²) < 4.78 is 23.0. The number of ether oxygens (including phenoxy) is 3. The lowest BCUT2D eigenvalue weighted by Crippen LogP contribution is -2.28. The molecule has 7 nitrogen and oxygen atoms in total. The Morgan fingerprint density at radius 2 is 1.46 bits per heavy atom. The molecule has 4 aromatic rings. The third-order valence-electron chi connectivity index (χ3n) is 6.70. The van der Waals surface area contributed by atoms with Gasteiger partial charge in [-0.2, -0.15) is 0 Å². The molecule has 8 heteroatoms. The van der Waals surface area contributed by atoms with Crippen molar-refractivity contribution in [3.63, 3.8) is 0 Å². The minimum atomic E-state index is -1.82. The molecule has 1 aliphatic rings. The molecule has 0 amide bonds. The third kappa shape index (κ3) is 6.41. The Labute approximate surface area is 228 Å². The van der Waals surface area contributed by atoms with Gasteiger partial charge in [0, 0.05) is 23.1 Å². The Balaban J connectivity index is 1.31. The highest BCUT2D eigenvalue weighted by molar-refractivity contribution is 8.33. The zero-order chi connectivity index (χ0) is 27.1. The Morgan fingerprint density at radius 1 is 0.795 bits per heavy atom. The van der Waals surface area contributed by atoms with Gasteiger partial charge in [-0.1, -0.05) is 72.8 Å². The molecule has 0 radical (unpaired) electrons. The highest BCUT2D eigenvalue weighted by Crippen LogP contribution is 2.57. The third-order valence-corrected chi connectivity index (χ3v) is 10.2. The largest absolute Gasteiger partial charge is 0.461 e. The van der Waals surface area contributed by atoms with Crippen LogP contribution < -0.4 is 5.43 Å². The predicted octanol–water partition coefficient (Wildman–Crippen LogP) is 5.68. The fourth-order valence-electron chi connectivity index (χ4n) is 4.50. The van der Waals surface area contributed by atoms with Crippen LogP contribution in [0.5, 0.6) is 0 Å². The van der Waals surface area contributed by atoms with Crippen molar-refractivity contribution in [1.82, 2.24) is 0 Å². The molecule has 39 heavy (non-hydrogen) atoms. The quantitative estimate of drug-likeness (QED) is 0.250. The van der Waals surface area contributed by atoms with Gasteiger partial charge in [0.15, 0.2) is 10.5 Å². The van der Waals surface area contributed by atoms with Crippen LogP contribution in [0.4, 0.5) is 0 Å². The van der Waals surface area contributed by atoms with Gasteiger partial charge in [0.2, 0.25) is 0 Å². The van der Waals surface area contributed by atoms with Crippen LogP contribution in [0.3, 0.4) is 0 Å². The fourth-order valence-corrected chi connectivity index (χ4v) is 7.30. The number of para-hydroxylation sites is 1. The van der Waals surface area contributed by atoms with Crippen LogP contribution in [0, 0.1) is 0 Å². The second kappa shape index (κ2) is 12.3. The number of esters is 2. The van der Waals surface area contributed by atoms with Gasteiger partial charge in [0.1, 0.15) is 18.1 Å². The van der Waals surface area contributed by atoms with Crippen molar-refractivity contribution in [2.24, 2.45) is 0 Å². The van der Waals surface area contributed by atoms with Crippen LogP contribution in [0.15, 0.2) is 99.2 Å². The first-order valence-electron chi connectivity index (χ1n) is 12.9. The molecule has 0 spiro atoms. The first-order chi connectivity index (χ1) is 19.0. The Morgan fingerprint density at radius 3 is 2.18 bits per heavy atom. The molecule has 2 heterocycles. The summed E-state index contributed by atoms with van der Waals surface area (Å²) in [5, 5.41) is 1.06. The Bertz CT molecular complexity index is 1490. The number of benzene rings is 3. The van der Waals surface area contributed by atoms with Crippen LogP contribution in [0.1, 0.15) is 18.4 Å². The lowest BCUT2D eigenvalue weighted by molar-refractivity contribution is -0.150. The van der Waals surface area contributed by atoms with E-state index in [1.165, 1.54) is 0 Å². The van der Waals surface area contributed by atoms with Crippen molar-refractivity contribution < 1.29 is 28.2 Å². The van der Waals surface area contributed by atoms with E-state index < -0.39 is 22.0 Å². The van der Waals surface area contributed by atoms with Gasteiger partial charge in [-0.15, -0.1) is 10.0 Å². The van der Waals surface area contributed by atoms with Crippen molar-refractivity contribution in [3.05, 3.63) is 101 Å². The molecule has 1 aliphatic heterocycles. The summed E-state index contributed by atoms with van der Waals surface area (Å²) in [6.07, 6.45) is -0.151. The first-order valence-corrected chi connectivity index (χ1v) is 15.0. The number of carbonyl (C=O) groups excluding carboxylic acids is 2. The molecule has 1 aromatic heterocycles. The smallest absolute Gasteiger partial charge is 0.307 e. The maximum absolute atomic E-state index is 13.2. The second-order valence-electron chi connectivity index (χ2n) is 9.32. The zero-order valence-electron chi connectivity index (χ0n) is 21.5. The Kier molecular flexibility index (Phi) is 8.44. The van der Waals surface area contributed by atoms with Gasteiger partial charge >= 0.3 is 11.9 Å². The van der Waals surface area contributed by atoms with Gasteiger partial charge in [-0.3, -0.25) is 14.4 Å². The molecule has 202 valence electrons. The van der Waals surface area contributed by atoms with E-state index in [4.69, 9.17) is 18.6 Å². The van der Waals surface area contributed by atoms with Crippen molar-refractivity contribution in [2.75, 3.05) is 30.7 Å². The molecular weight excluding hydrogens is 516 g/mol. The normalized spacial score (nSPS) is 15.4. The summed E-state index contributed by atoms with van der Waals surface area (Å²) in [5.74, 6) is 0.384. The van der Waals surface area contributed by atoms with E-state index in [0.29, 0.717) is 40.8 Å². The van der Waals surface area contributed by atoms with Crippen molar-refractivity contribution >= 4 is 32.9 Å². The molecule has 0 atom stereocenters. The van der Waals surface area contributed by atoms with Crippen LogP contribution in [0.25, 0.3) is 22.1 Å².